The van der Waals surface area contributed by atoms with E-state index in [9.17, 15) is 0 Å². The Morgan fingerprint density at radius 1 is 1.14 bits per heavy atom. The average molecular weight is 323 g/mol. The molecule has 1 fully saturated rings. The van der Waals surface area contributed by atoms with Crippen molar-refractivity contribution >= 4 is 23.2 Å². The molecule has 2 aromatic rings. The van der Waals surface area contributed by atoms with Crippen LogP contribution >= 0.6 is 23.2 Å². The highest BCUT2D eigenvalue weighted by molar-refractivity contribution is 6.30. The molecule has 3 nitrogen and oxygen atoms in total. The molecule has 0 bridgehead atoms. The number of nitrogens with zero attached hydrogens (tertiary/aromatic N) is 2. The van der Waals surface area contributed by atoms with Gasteiger partial charge in [0, 0.05) is 24.7 Å². The first kappa shape index (κ1) is 14.8. The molecule has 5 heteroatoms. The predicted molar refractivity (Wildman–Crippen MR) is 84.7 cm³/mol. The second-order valence-electron chi connectivity index (χ2n) is 5.10. The molecule has 1 aromatic carbocycles. The molecule has 1 aliphatic rings. The SMILES string of the molecule is Clc1ccc(C2CN(Cc3cccc(Cl)n3)CCO2)cc1. The molecule has 0 spiro atoms. The standard InChI is InChI=1S/C16H16Cl2N2O/c17-13-6-4-12(5-7-13)15-11-20(8-9-21-15)10-14-2-1-3-16(18)19-14/h1-7,15H,8-11H2. The third-order valence-electron chi connectivity index (χ3n) is 3.55. The number of pyridine rings is 1. The lowest BCUT2D eigenvalue weighted by Gasteiger charge is -2.33. The van der Waals surface area contributed by atoms with E-state index < -0.39 is 0 Å². The summed E-state index contributed by atoms with van der Waals surface area (Å²) in [7, 11) is 0. The highest BCUT2D eigenvalue weighted by Gasteiger charge is 2.22. The fourth-order valence-electron chi connectivity index (χ4n) is 2.49. The van der Waals surface area contributed by atoms with Gasteiger partial charge in [0.2, 0.25) is 0 Å². The van der Waals surface area contributed by atoms with Gasteiger partial charge in [-0.05, 0) is 29.8 Å². The van der Waals surface area contributed by atoms with Crippen LogP contribution in [-0.4, -0.2) is 29.6 Å². The molecule has 1 saturated heterocycles. The summed E-state index contributed by atoms with van der Waals surface area (Å²) in [6.07, 6.45) is 0.0789. The Morgan fingerprint density at radius 3 is 2.71 bits per heavy atom. The average Bonchev–Trinajstić information content (AvgIpc) is 2.48. The Labute approximate surface area is 134 Å². The maximum atomic E-state index is 5.94. The number of morpholine rings is 1. The second-order valence-corrected chi connectivity index (χ2v) is 5.92. The predicted octanol–water partition coefficient (Wildman–Crippen LogP) is 3.96. The molecule has 1 aliphatic heterocycles. The first-order chi connectivity index (χ1) is 10.2. The van der Waals surface area contributed by atoms with Gasteiger partial charge in [-0.1, -0.05) is 41.4 Å². The first-order valence-corrected chi connectivity index (χ1v) is 7.67. The molecule has 1 atom stereocenters. The monoisotopic (exact) mass is 322 g/mol. The summed E-state index contributed by atoms with van der Waals surface area (Å²) in [6.45, 7) is 3.25. The molecule has 0 N–H and O–H groups in total. The van der Waals surface area contributed by atoms with Crippen LogP contribution in [-0.2, 0) is 11.3 Å². The van der Waals surface area contributed by atoms with Gasteiger partial charge in [0.15, 0.2) is 0 Å². The summed E-state index contributed by atoms with van der Waals surface area (Å²) in [6, 6.07) is 13.6. The fraction of sp³-hybridized carbons (Fsp3) is 0.312. The van der Waals surface area contributed by atoms with Crippen LogP contribution in [0.4, 0.5) is 0 Å². The number of hydrogen-bond donors (Lipinski definition) is 0. The molecule has 1 unspecified atom stereocenters. The van der Waals surface area contributed by atoms with E-state index in [0.717, 1.165) is 35.9 Å². The maximum absolute atomic E-state index is 5.94. The van der Waals surface area contributed by atoms with Gasteiger partial charge in [-0.15, -0.1) is 0 Å². The van der Waals surface area contributed by atoms with Crippen LogP contribution in [0.15, 0.2) is 42.5 Å². The molecule has 0 saturated carbocycles. The number of halogens is 2. The number of hydrogen-bond acceptors (Lipinski definition) is 3. The molecule has 1 aromatic heterocycles. The molecule has 2 heterocycles. The van der Waals surface area contributed by atoms with Crippen LogP contribution < -0.4 is 0 Å². The van der Waals surface area contributed by atoms with Gasteiger partial charge in [0.1, 0.15) is 5.15 Å². The zero-order valence-corrected chi connectivity index (χ0v) is 13.0. The number of aromatic nitrogens is 1. The topological polar surface area (TPSA) is 25.4 Å². The third-order valence-corrected chi connectivity index (χ3v) is 4.01. The maximum Gasteiger partial charge on any atom is 0.129 e. The van der Waals surface area contributed by atoms with E-state index in [1.54, 1.807) is 6.07 Å². The van der Waals surface area contributed by atoms with Crippen molar-refractivity contribution in [1.29, 1.82) is 0 Å². The number of rotatable bonds is 3. The van der Waals surface area contributed by atoms with E-state index in [4.69, 9.17) is 27.9 Å². The summed E-state index contributed by atoms with van der Waals surface area (Å²) < 4.78 is 5.86. The summed E-state index contributed by atoms with van der Waals surface area (Å²) in [5, 5.41) is 1.28. The largest absolute Gasteiger partial charge is 0.371 e. The second kappa shape index (κ2) is 6.75. The van der Waals surface area contributed by atoms with Crippen molar-refractivity contribution < 1.29 is 4.74 Å². The quantitative estimate of drug-likeness (QED) is 0.800. The van der Waals surface area contributed by atoms with Crippen molar-refractivity contribution in [3.8, 4) is 0 Å². The lowest BCUT2D eigenvalue weighted by Crippen LogP contribution is -2.38. The normalized spacial score (nSPS) is 19.6. The Balaban J connectivity index is 1.67. The Kier molecular flexibility index (Phi) is 4.76. The van der Waals surface area contributed by atoms with Gasteiger partial charge in [0.05, 0.1) is 18.4 Å². The van der Waals surface area contributed by atoms with Crippen LogP contribution in [0.25, 0.3) is 0 Å². The van der Waals surface area contributed by atoms with Crippen LogP contribution in [0.3, 0.4) is 0 Å². The summed E-state index contributed by atoms with van der Waals surface area (Å²) in [5.74, 6) is 0. The van der Waals surface area contributed by atoms with Crippen molar-refractivity contribution in [2.75, 3.05) is 19.7 Å². The Morgan fingerprint density at radius 2 is 1.95 bits per heavy atom. The summed E-state index contributed by atoms with van der Waals surface area (Å²) in [5.41, 5.74) is 2.14. The minimum absolute atomic E-state index is 0.0789. The minimum Gasteiger partial charge on any atom is -0.371 e. The highest BCUT2D eigenvalue weighted by atomic mass is 35.5. The number of ether oxygens (including phenoxy) is 1. The fourth-order valence-corrected chi connectivity index (χ4v) is 2.80. The van der Waals surface area contributed by atoms with Gasteiger partial charge in [-0.2, -0.15) is 0 Å². The molecule has 0 aliphatic carbocycles. The van der Waals surface area contributed by atoms with Gasteiger partial charge in [-0.25, -0.2) is 4.98 Å². The van der Waals surface area contributed by atoms with E-state index in [-0.39, 0.29) is 6.10 Å². The van der Waals surface area contributed by atoms with Crippen molar-refractivity contribution in [2.45, 2.75) is 12.6 Å². The zero-order chi connectivity index (χ0) is 14.7. The Bertz CT molecular complexity index is 603. The van der Waals surface area contributed by atoms with E-state index in [0.29, 0.717) is 11.8 Å². The van der Waals surface area contributed by atoms with E-state index in [1.807, 2.05) is 36.4 Å². The van der Waals surface area contributed by atoms with E-state index in [1.165, 1.54) is 0 Å². The van der Waals surface area contributed by atoms with E-state index >= 15 is 0 Å². The highest BCUT2D eigenvalue weighted by Crippen LogP contribution is 2.24. The van der Waals surface area contributed by atoms with Crippen LogP contribution in [0.5, 0.6) is 0 Å². The number of benzene rings is 1. The van der Waals surface area contributed by atoms with Crippen LogP contribution in [0, 0.1) is 0 Å². The molecule has 21 heavy (non-hydrogen) atoms. The molecule has 3 rings (SSSR count). The molecular formula is C16H16Cl2N2O. The van der Waals surface area contributed by atoms with Crippen molar-refractivity contribution in [1.82, 2.24) is 9.88 Å². The Hall–Kier alpha value is -1.13. The zero-order valence-electron chi connectivity index (χ0n) is 11.5. The molecule has 0 amide bonds. The summed E-state index contributed by atoms with van der Waals surface area (Å²) >= 11 is 11.9. The van der Waals surface area contributed by atoms with Gasteiger partial charge < -0.3 is 4.74 Å². The molecule has 110 valence electrons. The van der Waals surface area contributed by atoms with E-state index in [2.05, 4.69) is 9.88 Å². The minimum atomic E-state index is 0.0789. The smallest absolute Gasteiger partial charge is 0.129 e. The van der Waals surface area contributed by atoms with Crippen LogP contribution in [0.2, 0.25) is 10.2 Å². The van der Waals surface area contributed by atoms with Gasteiger partial charge in [0.25, 0.3) is 0 Å². The molecule has 0 radical (unpaired) electrons. The van der Waals surface area contributed by atoms with Crippen molar-refractivity contribution in [3.63, 3.8) is 0 Å². The lowest BCUT2D eigenvalue weighted by molar-refractivity contribution is -0.0332. The van der Waals surface area contributed by atoms with Crippen molar-refractivity contribution in [2.24, 2.45) is 0 Å². The third kappa shape index (κ3) is 3.95. The first-order valence-electron chi connectivity index (χ1n) is 6.91. The lowest BCUT2D eigenvalue weighted by atomic mass is 10.1. The molecular weight excluding hydrogens is 307 g/mol. The van der Waals surface area contributed by atoms with Gasteiger partial charge >= 0.3 is 0 Å². The van der Waals surface area contributed by atoms with Crippen LogP contribution in [0.1, 0.15) is 17.4 Å². The van der Waals surface area contributed by atoms with Crippen molar-refractivity contribution in [3.05, 3.63) is 63.9 Å². The van der Waals surface area contributed by atoms with Gasteiger partial charge in [-0.3, -0.25) is 4.90 Å². The summed E-state index contributed by atoms with van der Waals surface area (Å²) in [4.78, 5) is 6.68.